The summed E-state index contributed by atoms with van der Waals surface area (Å²) in [4.78, 5) is 113. The first-order chi connectivity index (χ1) is 62.7. The maximum atomic E-state index is 14.9. The predicted octanol–water partition coefficient (Wildman–Crippen LogP) is 7.88. The number of nitrogens with one attached hydrogen (secondary N) is 1. The lowest BCUT2D eigenvalue weighted by atomic mass is 9.79. The van der Waals surface area contributed by atoms with Crippen LogP contribution in [-0.2, 0) is 81.6 Å². The zero-order chi connectivity index (χ0) is 92.1. The average molecular weight is 1800 g/mol. The van der Waals surface area contributed by atoms with Gasteiger partial charge in [-0.3, -0.25) is 28.9 Å². The van der Waals surface area contributed by atoms with Gasteiger partial charge in [0.25, 0.3) is 17.7 Å². The number of aromatic nitrogens is 13. The third-order valence-corrected chi connectivity index (χ3v) is 25.7. The number of nitrogens with zero attached hydrogens (tertiary/aromatic N) is 16. The van der Waals surface area contributed by atoms with Gasteiger partial charge in [0, 0.05) is 145 Å². The molecule has 130 heavy (non-hydrogen) atoms. The van der Waals surface area contributed by atoms with Crippen LogP contribution in [0, 0.1) is 29.6 Å². The van der Waals surface area contributed by atoms with Gasteiger partial charge in [-0.1, -0.05) is 92.8 Å². The molecule has 8 unspecified atom stereocenters. The molecule has 15 atom stereocenters. The maximum absolute atomic E-state index is 14.9. The predicted molar refractivity (Wildman–Crippen MR) is 483 cm³/mol. The molecule has 1 saturated carbocycles. The van der Waals surface area contributed by atoms with E-state index in [-0.39, 0.29) is 86.7 Å². The number of fused-ring (bicyclic) bond motifs is 5. The zero-order valence-electron chi connectivity index (χ0n) is 75.6. The number of amides is 2. The van der Waals surface area contributed by atoms with Crippen molar-refractivity contribution in [3.05, 3.63) is 127 Å². The van der Waals surface area contributed by atoms with E-state index >= 15 is 0 Å². The largest absolute Gasteiger partial charge is 0.459 e. The standard InChI is InChI=1S/C93H126N20O17/c1-57-17-10-9-11-18-58(2)77(123-7)49-69-25-22-62(6)93(122,130-69)86(119)89(120)111-30-14-12-21-73(111)90(121)128-78(50-75(114)59(3)44-61(5)84(117)85(118)83(116)60(4)43-57)70(94)45-63-23-26-72(79(46-63)124-8)113-74(53-102-106-113)65-20-16-19-64(47-65)67-51-98-92(99-52-67)109-34-32-108(33-35-109)54-68-55-110(107-104-68)36-38-126-40-42-127-41-39-125-37-28-80(115)97-29-13-15-31-112-88-81(87(95)100-56-101-88)82(105-112)66-24-27-76-71(48-66)103-91(96)129-76/h9-11,16-20,24,27,44,47-48,51-53,55-57,59-60,62-63,69-70,72-73,77-79,84-85,117-118,122H,12-15,21-23,25-26,28-43,45-46,49-50,54,94H2,1-8H3,(H2,96,103)(H,97,115)(H2,95,100,101)/b11-9?,17-10+,58-18?,61-44+/t57?,59?,60?,62-,63?,69+,70-,72+,73?,77?,78?,79-,84?,85+,93-/m1/s1. The number of aliphatic hydroxyl groups excluding tert-OH is 2. The molecule has 2 amide bonds. The first-order valence-corrected chi connectivity index (χ1v) is 45.5. The van der Waals surface area contributed by atoms with Crippen LogP contribution < -0.4 is 27.4 Å². The molecule has 37 nitrogen and oxygen atoms in total. The fourth-order valence-corrected chi connectivity index (χ4v) is 18.0. The molecule has 37 heteroatoms. The Morgan fingerprint density at radius 2 is 1.52 bits per heavy atom. The number of hydrogen-bond donors (Lipinski definition) is 7. The van der Waals surface area contributed by atoms with Crippen molar-refractivity contribution in [2.45, 2.75) is 218 Å². The second kappa shape index (κ2) is 45.8. The van der Waals surface area contributed by atoms with Gasteiger partial charge in [0.1, 0.15) is 53.5 Å². The number of allylic oxidation sites excluding steroid dienone is 6. The first-order valence-electron chi connectivity index (χ1n) is 45.5. The maximum Gasteiger partial charge on any atom is 0.329 e. The number of anilines is 3. The van der Waals surface area contributed by atoms with Crippen molar-refractivity contribution in [2.24, 2.45) is 35.3 Å². The number of aryl methyl sites for hydroxylation is 1. The number of piperazine rings is 1. The minimum Gasteiger partial charge on any atom is -0.459 e. The van der Waals surface area contributed by atoms with Crippen molar-refractivity contribution in [1.29, 1.82) is 0 Å². The van der Waals surface area contributed by atoms with Gasteiger partial charge in [-0.15, -0.1) is 10.2 Å². The van der Waals surface area contributed by atoms with E-state index in [1.807, 2.05) is 97.8 Å². The van der Waals surface area contributed by atoms with Crippen LogP contribution in [0.2, 0.25) is 0 Å². The number of nitrogen functional groups attached to an aromatic ring is 2. The van der Waals surface area contributed by atoms with E-state index in [9.17, 15) is 44.1 Å². The summed E-state index contributed by atoms with van der Waals surface area (Å²) in [6, 6.07) is 11.2. The Labute approximate surface area is 756 Å². The second-order valence-corrected chi connectivity index (χ2v) is 35.1. The van der Waals surface area contributed by atoms with Crippen LogP contribution in [0.4, 0.5) is 17.8 Å². The second-order valence-electron chi connectivity index (χ2n) is 35.1. The Morgan fingerprint density at radius 3 is 2.30 bits per heavy atom. The Hall–Kier alpha value is -10.8. The molecule has 8 aromatic rings. The van der Waals surface area contributed by atoms with E-state index in [0.29, 0.717) is 150 Å². The van der Waals surface area contributed by atoms with Crippen LogP contribution in [-0.4, -0.2) is 273 Å². The lowest BCUT2D eigenvalue weighted by Crippen LogP contribution is -2.61. The van der Waals surface area contributed by atoms with E-state index in [1.54, 1.807) is 56.6 Å². The smallest absolute Gasteiger partial charge is 0.329 e. The number of ether oxygens (including phenoxy) is 7. The number of rotatable bonds is 29. The fraction of sp³-hybridized carbons (Fsp3) is 0.570. The number of piperidine rings is 1. The summed E-state index contributed by atoms with van der Waals surface area (Å²) in [6.45, 7) is 17.8. The molecule has 0 spiro atoms. The van der Waals surface area contributed by atoms with Gasteiger partial charge in [-0.25, -0.2) is 38.8 Å². The van der Waals surface area contributed by atoms with E-state index < -0.39 is 95.4 Å². The van der Waals surface area contributed by atoms with Crippen molar-refractivity contribution in [3.63, 3.8) is 0 Å². The summed E-state index contributed by atoms with van der Waals surface area (Å²) in [7, 11) is 3.21. The number of oxazole rings is 1. The fourth-order valence-electron chi connectivity index (χ4n) is 18.0. The monoisotopic (exact) mass is 1790 g/mol. The molecule has 5 aliphatic rings. The average Bonchev–Trinajstić information content (AvgIpc) is 0.797. The third kappa shape index (κ3) is 24.7. The summed E-state index contributed by atoms with van der Waals surface area (Å²) in [5, 5.41) is 61.2. The molecule has 1 aliphatic carbocycles. The topological polar surface area (TPSA) is 484 Å². The highest BCUT2D eigenvalue weighted by atomic mass is 16.6. The molecule has 0 radical (unpaired) electrons. The minimum atomic E-state index is -2.51. The van der Waals surface area contributed by atoms with Crippen molar-refractivity contribution in [1.82, 2.24) is 79.8 Å². The first kappa shape index (κ1) is 96.7. The number of carbonyl (C=O) groups is 6. The van der Waals surface area contributed by atoms with Crippen LogP contribution >= 0.6 is 0 Å². The van der Waals surface area contributed by atoms with Gasteiger partial charge in [0.2, 0.25) is 17.6 Å². The normalized spacial score (nSPS) is 26.4. The molecule has 6 aromatic heterocycles. The van der Waals surface area contributed by atoms with Gasteiger partial charge in [0.05, 0.1) is 93.5 Å². The van der Waals surface area contributed by atoms with Gasteiger partial charge in [-0.2, -0.15) is 10.1 Å². The molecule has 3 saturated heterocycles. The van der Waals surface area contributed by atoms with Crippen LogP contribution in [0.25, 0.3) is 55.8 Å². The zero-order valence-corrected chi connectivity index (χ0v) is 75.6. The minimum absolute atomic E-state index is 0.0107. The highest BCUT2D eigenvalue weighted by Crippen LogP contribution is 2.42. The lowest BCUT2D eigenvalue weighted by molar-refractivity contribution is -0.265. The Balaban J connectivity index is 0.544. The number of Topliss-reactive ketones (excluding diaryl/α,β-unsaturated/α-hetero) is 3. The molecule has 4 aliphatic heterocycles. The molecular formula is C93H126N20O17. The number of benzene rings is 2. The van der Waals surface area contributed by atoms with E-state index in [4.69, 9.17) is 69.8 Å². The summed E-state index contributed by atoms with van der Waals surface area (Å²) in [6.07, 6.45) is 19.4. The number of cyclic esters (lactones) is 1. The number of esters is 1. The van der Waals surface area contributed by atoms with Crippen molar-refractivity contribution < 1.29 is 81.7 Å². The van der Waals surface area contributed by atoms with E-state index in [2.05, 4.69) is 56.8 Å². The number of nitrogens with two attached hydrogens (primary N) is 3. The van der Waals surface area contributed by atoms with Gasteiger partial charge >= 0.3 is 5.97 Å². The van der Waals surface area contributed by atoms with Crippen LogP contribution in [0.1, 0.15) is 150 Å². The van der Waals surface area contributed by atoms with Crippen LogP contribution in [0.3, 0.4) is 0 Å². The number of methoxy groups -OCH3 is 2. The molecule has 4 fully saturated rings. The Kier molecular flexibility index (Phi) is 34.1. The molecule has 13 rings (SSSR count). The highest BCUT2D eigenvalue weighted by Gasteiger charge is 2.53. The SMILES string of the molecule is COC1C[C@@H]2CC[C@@H](C)[C@@](O)(O2)C(=O)C(=O)N2CCCCC2C(=O)OC([C@H](N)CC2CC[C@H](n3nncc3-c3cccc(-c4cnc(N5CCN(Cc6cn(CCOCCOCCOCCC(=O)NCCCCn7nc(-c8ccc9oc(N)nc9c8)c8c(N)ncnc87)nn6)CC5)nc4)c3)[C@H](OC)C2)CC(=O)C(C)/C=C(\C)C(O)[C@@H](O)C(=O)C(C)CC(C)/C=C/C=CC=C1C. The number of aliphatic hydroxyl groups is 3. The number of hydrogen-bond acceptors (Lipinski definition) is 32. The summed E-state index contributed by atoms with van der Waals surface area (Å²) < 4.78 is 52.8. The highest BCUT2D eigenvalue weighted by molar-refractivity contribution is 6.39. The quantitative estimate of drug-likeness (QED) is 0.0101. The molecule has 10 heterocycles. The van der Waals surface area contributed by atoms with E-state index in [1.165, 1.54) is 19.3 Å². The molecular weight excluding hydrogens is 1670 g/mol. The van der Waals surface area contributed by atoms with Gasteiger partial charge in [-0.05, 0) is 144 Å². The Bertz CT molecular complexity index is 5270. The molecule has 2 aromatic carbocycles. The number of carbonyl (C=O) groups excluding carboxylic acids is 6. The van der Waals surface area contributed by atoms with E-state index in [0.717, 1.165) is 83.1 Å². The van der Waals surface area contributed by atoms with Crippen molar-refractivity contribution in [2.75, 3.05) is 109 Å². The Morgan fingerprint density at radius 1 is 0.754 bits per heavy atom. The molecule has 2 bridgehead atoms. The third-order valence-electron chi connectivity index (χ3n) is 25.7. The number of unbranched alkanes of at least 4 members (excludes halogenated alkanes) is 1. The van der Waals surface area contributed by atoms with Gasteiger partial charge in [0.15, 0.2) is 17.0 Å². The summed E-state index contributed by atoms with van der Waals surface area (Å²) in [5.41, 5.74) is 27.7. The van der Waals surface area contributed by atoms with Crippen molar-refractivity contribution >= 4 is 75.0 Å². The van der Waals surface area contributed by atoms with Crippen LogP contribution in [0.15, 0.2) is 126 Å². The molecule has 700 valence electrons. The van der Waals surface area contributed by atoms with Crippen LogP contribution in [0.5, 0.6) is 0 Å². The summed E-state index contributed by atoms with van der Waals surface area (Å²) >= 11 is 0. The summed E-state index contributed by atoms with van der Waals surface area (Å²) in [5.74, 6) is -8.25. The molecule has 10 N–H and O–H groups in total. The lowest BCUT2D eigenvalue weighted by Gasteiger charge is -2.42. The number of ketones is 3. The van der Waals surface area contributed by atoms with Gasteiger partial charge < -0.3 is 85.2 Å². The van der Waals surface area contributed by atoms with Crippen molar-refractivity contribution in [3.8, 4) is 33.6 Å².